The van der Waals surface area contributed by atoms with Crippen LogP contribution in [0.2, 0.25) is 0 Å². The first-order chi connectivity index (χ1) is 14.2. The third-order valence-electron chi connectivity index (χ3n) is 6.04. The molecule has 0 unspecified atom stereocenters. The number of nitriles is 1. The SMILES string of the molecule is Cc1cc(Nc2nc(N[C@@H]3C[C@H]4CC[C@@H](C3)N4CCC#N)c3cccn3n2)n[nH]1. The number of fused-ring (bicyclic) bond motifs is 3. The van der Waals surface area contributed by atoms with E-state index in [0.717, 1.165) is 36.4 Å². The summed E-state index contributed by atoms with van der Waals surface area (Å²) in [4.78, 5) is 7.29. The molecule has 3 aromatic rings. The second-order valence-corrected chi connectivity index (χ2v) is 8.03. The van der Waals surface area contributed by atoms with E-state index in [2.05, 4.69) is 36.9 Å². The van der Waals surface area contributed by atoms with Gasteiger partial charge in [0, 0.05) is 49.0 Å². The first kappa shape index (κ1) is 17.9. The molecule has 2 bridgehead atoms. The van der Waals surface area contributed by atoms with Gasteiger partial charge in [0.2, 0.25) is 5.95 Å². The first-order valence-corrected chi connectivity index (χ1v) is 10.2. The lowest BCUT2D eigenvalue weighted by Crippen LogP contribution is -2.47. The number of aromatic nitrogens is 5. The van der Waals surface area contributed by atoms with Crippen LogP contribution in [0.3, 0.4) is 0 Å². The summed E-state index contributed by atoms with van der Waals surface area (Å²) in [7, 11) is 0. The van der Waals surface area contributed by atoms with Crippen molar-refractivity contribution in [3.05, 3.63) is 30.1 Å². The average Bonchev–Trinajstić information content (AvgIpc) is 3.39. The molecule has 0 aromatic carbocycles. The average molecular weight is 391 g/mol. The fourth-order valence-electron chi connectivity index (χ4n) is 4.82. The minimum absolute atomic E-state index is 0.375. The van der Waals surface area contributed by atoms with Crippen LogP contribution in [0.1, 0.15) is 37.8 Å². The molecule has 2 saturated heterocycles. The van der Waals surface area contributed by atoms with E-state index in [0.29, 0.717) is 36.3 Å². The highest BCUT2D eigenvalue weighted by Crippen LogP contribution is 2.37. The second kappa shape index (κ2) is 7.37. The number of rotatable bonds is 6. The number of aromatic amines is 1. The summed E-state index contributed by atoms with van der Waals surface area (Å²) in [5.74, 6) is 2.05. The Labute approximate surface area is 169 Å². The Morgan fingerprint density at radius 1 is 1.31 bits per heavy atom. The van der Waals surface area contributed by atoms with Gasteiger partial charge in [0.1, 0.15) is 5.52 Å². The Bertz CT molecular complexity index is 1030. The summed E-state index contributed by atoms with van der Waals surface area (Å²) in [6.07, 6.45) is 7.16. The first-order valence-electron chi connectivity index (χ1n) is 10.2. The van der Waals surface area contributed by atoms with Crippen molar-refractivity contribution in [1.29, 1.82) is 5.26 Å². The highest BCUT2D eigenvalue weighted by atomic mass is 15.3. The molecular weight excluding hydrogens is 366 g/mol. The number of H-pyrrole nitrogens is 1. The third-order valence-corrected chi connectivity index (χ3v) is 6.04. The molecule has 5 heterocycles. The molecule has 9 nitrogen and oxygen atoms in total. The minimum Gasteiger partial charge on any atom is -0.365 e. The third kappa shape index (κ3) is 3.51. The summed E-state index contributed by atoms with van der Waals surface area (Å²) in [6, 6.07) is 9.72. The van der Waals surface area contributed by atoms with E-state index in [4.69, 9.17) is 10.2 Å². The van der Waals surface area contributed by atoms with Gasteiger partial charge in [0.05, 0.1) is 6.07 Å². The highest BCUT2D eigenvalue weighted by molar-refractivity contribution is 5.69. The van der Waals surface area contributed by atoms with E-state index in [1.807, 2.05) is 35.8 Å². The van der Waals surface area contributed by atoms with Gasteiger partial charge in [-0.05, 0) is 44.7 Å². The number of hydrogen-bond acceptors (Lipinski definition) is 7. The number of nitrogens with zero attached hydrogens (tertiary/aromatic N) is 6. The maximum atomic E-state index is 8.93. The van der Waals surface area contributed by atoms with E-state index in [-0.39, 0.29) is 0 Å². The standard InChI is InChI=1S/C20H25N9/c1-13-10-18(26-25-13)23-20-24-19(17-4-2-9-29(17)27-20)22-14-11-15-5-6-16(12-14)28(15)8-3-7-21/h2,4,9-10,14-16H,3,5-6,8,11-12H2,1H3,(H3,22,23,24,25,26,27)/t14-,15-,16+. The van der Waals surface area contributed by atoms with Crippen LogP contribution in [0.5, 0.6) is 0 Å². The molecule has 0 radical (unpaired) electrons. The van der Waals surface area contributed by atoms with Gasteiger partial charge in [-0.15, -0.1) is 5.10 Å². The lowest BCUT2D eigenvalue weighted by atomic mass is 9.97. The van der Waals surface area contributed by atoms with Crippen LogP contribution < -0.4 is 10.6 Å². The minimum atomic E-state index is 0.375. The Morgan fingerprint density at radius 2 is 2.14 bits per heavy atom. The van der Waals surface area contributed by atoms with Crippen molar-refractivity contribution in [2.24, 2.45) is 0 Å². The van der Waals surface area contributed by atoms with Gasteiger partial charge in [-0.2, -0.15) is 15.3 Å². The maximum absolute atomic E-state index is 8.93. The summed E-state index contributed by atoms with van der Waals surface area (Å²) >= 11 is 0. The molecule has 2 aliphatic heterocycles. The maximum Gasteiger partial charge on any atom is 0.248 e. The Hall–Kier alpha value is -3.12. The van der Waals surface area contributed by atoms with Crippen molar-refractivity contribution in [2.75, 3.05) is 17.2 Å². The zero-order valence-corrected chi connectivity index (χ0v) is 16.5. The zero-order valence-electron chi connectivity index (χ0n) is 16.5. The van der Waals surface area contributed by atoms with Gasteiger partial charge in [-0.3, -0.25) is 10.00 Å². The molecule has 0 amide bonds. The Morgan fingerprint density at radius 3 is 2.86 bits per heavy atom. The fourth-order valence-corrected chi connectivity index (χ4v) is 4.82. The lowest BCUT2D eigenvalue weighted by molar-refractivity contribution is 0.136. The van der Waals surface area contributed by atoms with Crippen molar-refractivity contribution < 1.29 is 0 Å². The van der Waals surface area contributed by atoms with Crippen molar-refractivity contribution in [2.45, 2.75) is 57.2 Å². The van der Waals surface area contributed by atoms with Gasteiger partial charge in [0.15, 0.2) is 11.6 Å². The topological polar surface area (TPSA) is 110 Å². The van der Waals surface area contributed by atoms with Crippen molar-refractivity contribution in [3.8, 4) is 6.07 Å². The summed E-state index contributed by atoms with van der Waals surface area (Å²) < 4.78 is 1.84. The molecule has 29 heavy (non-hydrogen) atoms. The smallest absolute Gasteiger partial charge is 0.248 e. The summed E-state index contributed by atoms with van der Waals surface area (Å²) in [6.45, 7) is 2.85. The predicted octanol–water partition coefficient (Wildman–Crippen LogP) is 2.83. The van der Waals surface area contributed by atoms with E-state index >= 15 is 0 Å². The molecule has 3 N–H and O–H groups in total. The molecule has 3 aromatic heterocycles. The number of anilines is 3. The molecule has 0 saturated carbocycles. The largest absolute Gasteiger partial charge is 0.365 e. The predicted molar refractivity (Wildman–Crippen MR) is 110 cm³/mol. The van der Waals surface area contributed by atoms with Gasteiger partial charge in [-0.1, -0.05) is 0 Å². The van der Waals surface area contributed by atoms with E-state index < -0.39 is 0 Å². The monoisotopic (exact) mass is 391 g/mol. The van der Waals surface area contributed by atoms with Crippen LogP contribution in [0.25, 0.3) is 5.52 Å². The molecule has 5 rings (SSSR count). The van der Waals surface area contributed by atoms with Crippen LogP contribution in [0, 0.1) is 18.3 Å². The van der Waals surface area contributed by atoms with Crippen LogP contribution in [0.15, 0.2) is 24.4 Å². The molecule has 2 aliphatic rings. The van der Waals surface area contributed by atoms with Crippen molar-refractivity contribution >= 4 is 23.1 Å². The van der Waals surface area contributed by atoms with E-state index in [9.17, 15) is 0 Å². The Kier molecular flexibility index (Phi) is 4.56. The molecule has 3 atom stereocenters. The van der Waals surface area contributed by atoms with Gasteiger partial charge in [-0.25, -0.2) is 4.52 Å². The van der Waals surface area contributed by atoms with Gasteiger partial charge < -0.3 is 10.6 Å². The summed E-state index contributed by atoms with van der Waals surface area (Å²) in [5.41, 5.74) is 1.94. The Balaban J connectivity index is 1.35. The molecule has 0 spiro atoms. The van der Waals surface area contributed by atoms with Crippen LogP contribution in [-0.2, 0) is 0 Å². The molecule has 150 valence electrons. The van der Waals surface area contributed by atoms with E-state index in [1.54, 1.807) is 0 Å². The van der Waals surface area contributed by atoms with Crippen molar-refractivity contribution in [1.82, 2.24) is 29.7 Å². The quantitative estimate of drug-likeness (QED) is 0.593. The van der Waals surface area contributed by atoms with Gasteiger partial charge in [0.25, 0.3) is 0 Å². The molecular formula is C20H25N9. The number of hydrogen-bond donors (Lipinski definition) is 3. The van der Waals surface area contributed by atoms with Crippen molar-refractivity contribution in [3.63, 3.8) is 0 Å². The number of piperidine rings is 1. The molecule has 2 fully saturated rings. The van der Waals surface area contributed by atoms with E-state index in [1.165, 1.54) is 12.8 Å². The molecule has 9 heteroatoms. The number of aryl methyl sites for hydroxylation is 1. The lowest BCUT2D eigenvalue weighted by Gasteiger charge is -2.39. The second-order valence-electron chi connectivity index (χ2n) is 8.03. The van der Waals surface area contributed by atoms with Gasteiger partial charge >= 0.3 is 0 Å². The normalized spacial score (nSPS) is 23.9. The summed E-state index contributed by atoms with van der Waals surface area (Å²) in [5, 5.41) is 27.5. The number of nitrogens with one attached hydrogen (secondary N) is 3. The zero-order chi connectivity index (χ0) is 19.8. The van der Waals surface area contributed by atoms with Crippen LogP contribution in [-0.4, -0.2) is 54.4 Å². The highest BCUT2D eigenvalue weighted by Gasteiger charge is 2.40. The van der Waals surface area contributed by atoms with Crippen LogP contribution in [0.4, 0.5) is 17.6 Å². The fraction of sp³-hybridized carbons (Fsp3) is 0.500. The van der Waals surface area contributed by atoms with Crippen LogP contribution >= 0.6 is 0 Å². The molecule has 0 aliphatic carbocycles.